The van der Waals surface area contributed by atoms with E-state index in [1.807, 2.05) is 6.07 Å². The first-order valence-corrected chi connectivity index (χ1v) is 8.67. The molecule has 0 fully saturated rings. The lowest BCUT2D eigenvalue weighted by atomic mass is 10.1. The van der Waals surface area contributed by atoms with Crippen LogP contribution in [0, 0.1) is 0 Å². The normalized spacial score (nSPS) is 11.0. The van der Waals surface area contributed by atoms with Crippen LogP contribution in [0.25, 0.3) is 6.08 Å². The van der Waals surface area contributed by atoms with E-state index in [-0.39, 0.29) is 17.4 Å². The third kappa shape index (κ3) is 6.73. The minimum absolute atomic E-state index is 0.0751. The first kappa shape index (κ1) is 21.0. The summed E-state index contributed by atoms with van der Waals surface area (Å²) in [5, 5.41) is 3.84. The number of amides is 1. The lowest BCUT2D eigenvalue weighted by Gasteiger charge is -2.10. The fourth-order valence-electron chi connectivity index (χ4n) is 2.26. The van der Waals surface area contributed by atoms with Gasteiger partial charge in [0, 0.05) is 22.7 Å². The Bertz CT molecular complexity index is 829. The highest BCUT2D eigenvalue weighted by Crippen LogP contribution is 2.29. The van der Waals surface area contributed by atoms with Gasteiger partial charge in [0.15, 0.2) is 11.5 Å². The van der Waals surface area contributed by atoms with Gasteiger partial charge < -0.3 is 14.8 Å². The lowest BCUT2D eigenvalue weighted by Crippen LogP contribution is -2.23. The van der Waals surface area contributed by atoms with Crippen LogP contribution >= 0.6 is 23.2 Å². The summed E-state index contributed by atoms with van der Waals surface area (Å²) in [6.07, 6.45) is 3.44. The monoisotopic (exact) mass is 415 g/mol. The standard InChI is InChI=1S/C19H17Cl2F2NO3/c1-26-17-10-12(2-6-16(17)27-19(22)23)3-7-18(25)24-9-8-13-4-5-14(20)11-15(13)21/h2-7,10-11,19H,8-9H2,1H3,(H,24,25). The Kier molecular flexibility index (Phi) is 7.88. The summed E-state index contributed by atoms with van der Waals surface area (Å²) >= 11 is 11.9. The molecule has 0 radical (unpaired) electrons. The number of halogens is 4. The molecule has 8 heteroatoms. The summed E-state index contributed by atoms with van der Waals surface area (Å²) in [6.45, 7) is -2.55. The molecule has 2 aromatic carbocycles. The highest BCUT2D eigenvalue weighted by Gasteiger charge is 2.10. The van der Waals surface area contributed by atoms with E-state index in [4.69, 9.17) is 27.9 Å². The largest absolute Gasteiger partial charge is 0.493 e. The quantitative estimate of drug-likeness (QED) is 0.618. The molecule has 0 unspecified atom stereocenters. The molecule has 2 rings (SSSR count). The van der Waals surface area contributed by atoms with Gasteiger partial charge in [-0.2, -0.15) is 8.78 Å². The van der Waals surface area contributed by atoms with Gasteiger partial charge in [0.25, 0.3) is 0 Å². The molecule has 0 aliphatic rings. The van der Waals surface area contributed by atoms with Gasteiger partial charge in [-0.25, -0.2) is 0 Å². The fraction of sp³-hybridized carbons (Fsp3) is 0.211. The zero-order chi connectivity index (χ0) is 19.8. The smallest absolute Gasteiger partial charge is 0.387 e. The van der Waals surface area contributed by atoms with Crippen molar-refractivity contribution in [3.05, 3.63) is 63.6 Å². The summed E-state index contributed by atoms with van der Waals surface area (Å²) in [4.78, 5) is 11.9. The van der Waals surface area contributed by atoms with E-state index in [2.05, 4.69) is 10.1 Å². The first-order chi connectivity index (χ1) is 12.9. The van der Waals surface area contributed by atoms with Crippen LogP contribution in [0.3, 0.4) is 0 Å². The summed E-state index contributed by atoms with van der Waals surface area (Å²) in [5.41, 5.74) is 1.48. The highest BCUT2D eigenvalue weighted by molar-refractivity contribution is 6.35. The minimum atomic E-state index is -2.94. The number of nitrogens with one attached hydrogen (secondary N) is 1. The number of hydrogen-bond donors (Lipinski definition) is 1. The van der Waals surface area contributed by atoms with Gasteiger partial charge in [-0.1, -0.05) is 35.3 Å². The second kappa shape index (κ2) is 10.1. The molecule has 1 amide bonds. The number of rotatable bonds is 8. The molecule has 1 N–H and O–H groups in total. The van der Waals surface area contributed by atoms with E-state index in [1.165, 1.54) is 31.4 Å². The SMILES string of the molecule is COc1cc(C=CC(=O)NCCc2ccc(Cl)cc2Cl)ccc1OC(F)F. The zero-order valence-electron chi connectivity index (χ0n) is 14.3. The number of carbonyl (C=O) groups is 1. The molecular formula is C19H17Cl2F2NO3. The van der Waals surface area contributed by atoms with Crippen molar-refractivity contribution >= 4 is 35.2 Å². The van der Waals surface area contributed by atoms with Gasteiger partial charge in [-0.3, -0.25) is 4.79 Å². The maximum atomic E-state index is 12.3. The summed E-state index contributed by atoms with van der Waals surface area (Å²) < 4.78 is 34.0. The molecule has 4 nitrogen and oxygen atoms in total. The van der Waals surface area contributed by atoms with E-state index in [0.29, 0.717) is 28.6 Å². The summed E-state index contributed by atoms with van der Waals surface area (Å²) in [7, 11) is 1.34. The van der Waals surface area contributed by atoms with Crippen LogP contribution in [0.4, 0.5) is 8.78 Å². The second-order valence-corrected chi connectivity index (χ2v) is 6.24. The third-order valence-electron chi connectivity index (χ3n) is 3.54. The van der Waals surface area contributed by atoms with Crippen LogP contribution in [0.5, 0.6) is 11.5 Å². The lowest BCUT2D eigenvalue weighted by molar-refractivity contribution is -0.116. The topological polar surface area (TPSA) is 47.6 Å². The Morgan fingerprint density at radius 2 is 1.96 bits per heavy atom. The van der Waals surface area contributed by atoms with Gasteiger partial charge >= 0.3 is 6.61 Å². The Morgan fingerprint density at radius 1 is 1.19 bits per heavy atom. The molecular weight excluding hydrogens is 399 g/mol. The Balaban J connectivity index is 1.90. The van der Waals surface area contributed by atoms with Crippen LogP contribution in [0.1, 0.15) is 11.1 Å². The van der Waals surface area contributed by atoms with Crippen LogP contribution in [-0.4, -0.2) is 26.2 Å². The van der Waals surface area contributed by atoms with Crippen molar-refractivity contribution < 1.29 is 23.0 Å². The van der Waals surface area contributed by atoms with Crippen LogP contribution < -0.4 is 14.8 Å². The molecule has 0 saturated heterocycles. The molecule has 0 spiro atoms. The van der Waals surface area contributed by atoms with Gasteiger partial charge in [-0.15, -0.1) is 0 Å². The Morgan fingerprint density at radius 3 is 2.63 bits per heavy atom. The molecule has 0 aromatic heterocycles. The van der Waals surface area contributed by atoms with E-state index in [1.54, 1.807) is 18.2 Å². The molecule has 0 heterocycles. The fourth-order valence-corrected chi connectivity index (χ4v) is 2.76. The van der Waals surface area contributed by atoms with Crippen molar-refractivity contribution in [3.63, 3.8) is 0 Å². The maximum Gasteiger partial charge on any atom is 0.387 e. The average molecular weight is 416 g/mol. The first-order valence-electron chi connectivity index (χ1n) is 7.91. The predicted molar refractivity (Wildman–Crippen MR) is 102 cm³/mol. The Hall–Kier alpha value is -2.31. The Labute approximate surface area is 165 Å². The number of benzene rings is 2. The van der Waals surface area contributed by atoms with Gasteiger partial charge in [0.1, 0.15) is 0 Å². The highest BCUT2D eigenvalue weighted by atomic mass is 35.5. The van der Waals surface area contributed by atoms with Crippen molar-refractivity contribution in [2.24, 2.45) is 0 Å². The number of alkyl halides is 2. The average Bonchev–Trinajstić information content (AvgIpc) is 2.62. The molecule has 0 atom stereocenters. The molecule has 2 aromatic rings. The van der Waals surface area contributed by atoms with E-state index in [0.717, 1.165) is 5.56 Å². The third-order valence-corrected chi connectivity index (χ3v) is 4.13. The molecule has 0 bridgehead atoms. The summed E-state index contributed by atoms with van der Waals surface area (Å²) in [6, 6.07) is 9.58. The minimum Gasteiger partial charge on any atom is -0.493 e. The number of methoxy groups -OCH3 is 1. The van der Waals surface area contributed by atoms with Gasteiger partial charge in [0.2, 0.25) is 5.91 Å². The van der Waals surface area contributed by atoms with E-state index < -0.39 is 6.61 Å². The van der Waals surface area contributed by atoms with Crippen LogP contribution in [0.15, 0.2) is 42.5 Å². The molecule has 0 saturated carbocycles. The molecule has 0 aliphatic heterocycles. The van der Waals surface area contributed by atoms with Gasteiger partial charge in [0.05, 0.1) is 7.11 Å². The zero-order valence-corrected chi connectivity index (χ0v) is 15.9. The maximum absolute atomic E-state index is 12.3. The molecule has 27 heavy (non-hydrogen) atoms. The second-order valence-electron chi connectivity index (χ2n) is 5.40. The van der Waals surface area contributed by atoms with E-state index in [9.17, 15) is 13.6 Å². The van der Waals surface area contributed by atoms with Crippen molar-refractivity contribution in [1.29, 1.82) is 0 Å². The summed E-state index contributed by atoms with van der Waals surface area (Å²) in [5.74, 6) is -0.226. The van der Waals surface area contributed by atoms with Crippen LogP contribution in [-0.2, 0) is 11.2 Å². The number of ether oxygens (including phenoxy) is 2. The van der Waals surface area contributed by atoms with Crippen molar-refractivity contribution in [3.8, 4) is 11.5 Å². The van der Waals surface area contributed by atoms with E-state index >= 15 is 0 Å². The van der Waals surface area contributed by atoms with Crippen LogP contribution in [0.2, 0.25) is 10.0 Å². The number of carbonyl (C=O) groups excluding carboxylic acids is 1. The predicted octanol–water partition coefficient (Wildman–Crippen LogP) is 4.98. The molecule has 144 valence electrons. The van der Waals surface area contributed by atoms with Crippen molar-refractivity contribution in [2.45, 2.75) is 13.0 Å². The van der Waals surface area contributed by atoms with Crippen molar-refractivity contribution in [1.82, 2.24) is 5.32 Å². The number of hydrogen-bond acceptors (Lipinski definition) is 3. The van der Waals surface area contributed by atoms with Gasteiger partial charge in [-0.05, 0) is 47.9 Å². The van der Waals surface area contributed by atoms with Crippen molar-refractivity contribution in [2.75, 3.05) is 13.7 Å². The molecule has 0 aliphatic carbocycles.